The molecule has 0 saturated heterocycles. The second kappa shape index (κ2) is 9.36. The van der Waals surface area contributed by atoms with Gasteiger partial charge >= 0.3 is 0 Å². The zero-order valence-corrected chi connectivity index (χ0v) is 20.0. The first-order chi connectivity index (χ1) is 14.6. The molecule has 0 saturated carbocycles. The minimum absolute atomic E-state index is 0.125. The van der Waals surface area contributed by atoms with Gasteiger partial charge < -0.3 is 15.8 Å². The summed E-state index contributed by atoms with van der Waals surface area (Å²) in [7, 11) is 0. The normalized spacial score (nSPS) is 15.7. The van der Waals surface area contributed by atoms with E-state index in [9.17, 15) is 9.59 Å². The van der Waals surface area contributed by atoms with Crippen LogP contribution in [-0.4, -0.2) is 23.5 Å². The molecule has 166 valence electrons. The van der Waals surface area contributed by atoms with Crippen LogP contribution < -0.4 is 21.1 Å². The number of nitrogens with one attached hydrogen (secondary N) is 2. The Morgan fingerprint density at radius 3 is 2.71 bits per heavy atom. The summed E-state index contributed by atoms with van der Waals surface area (Å²) in [5, 5.41) is 6.43. The highest BCUT2D eigenvalue weighted by atomic mass is 32.1. The van der Waals surface area contributed by atoms with E-state index >= 15 is 0 Å². The summed E-state index contributed by atoms with van der Waals surface area (Å²) in [6.07, 6.45) is 2.75. The molecule has 0 bridgehead atoms. The van der Waals surface area contributed by atoms with Crippen LogP contribution >= 0.6 is 23.6 Å². The maximum absolute atomic E-state index is 12.6. The van der Waals surface area contributed by atoms with Gasteiger partial charge in [-0.1, -0.05) is 26.8 Å². The van der Waals surface area contributed by atoms with Crippen LogP contribution in [0.15, 0.2) is 24.3 Å². The lowest BCUT2D eigenvalue weighted by Crippen LogP contribution is -2.34. The molecule has 1 aliphatic rings. The number of amides is 2. The number of carbonyl (C=O) groups is 2. The number of benzene rings is 1. The van der Waals surface area contributed by atoms with Crippen LogP contribution in [0.1, 0.15) is 65.3 Å². The molecule has 1 unspecified atom stereocenters. The van der Waals surface area contributed by atoms with Gasteiger partial charge in [-0.3, -0.25) is 14.9 Å². The number of primary amides is 1. The molecule has 2 aromatic rings. The van der Waals surface area contributed by atoms with Crippen molar-refractivity contribution in [1.82, 2.24) is 5.32 Å². The standard InChI is InChI=1S/C23H29N3O3S2/c1-5-29-15-8-6-7-13(11-15)20(28)25-22(30)26-21-18(19(24)27)16-10-9-14(23(2,3)4)12-17(16)31-21/h6-8,11,14H,5,9-10,12H2,1-4H3,(H2,24,27)(H2,25,26,28,30). The number of hydrogen-bond donors (Lipinski definition) is 3. The van der Waals surface area contributed by atoms with E-state index in [1.165, 1.54) is 16.2 Å². The topological polar surface area (TPSA) is 93.4 Å². The molecule has 1 atom stereocenters. The van der Waals surface area contributed by atoms with Crippen molar-refractivity contribution >= 4 is 45.5 Å². The number of anilines is 1. The van der Waals surface area contributed by atoms with Gasteiger partial charge in [-0.25, -0.2) is 0 Å². The highest BCUT2D eigenvalue weighted by molar-refractivity contribution is 7.80. The first-order valence-electron chi connectivity index (χ1n) is 10.4. The van der Waals surface area contributed by atoms with E-state index in [4.69, 9.17) is 22.7 Å². The Hall–Kier alpha value is -2.45. The lowest BCUT2D eigenvalue weighted by atomic mass is 9.72. The third-order valence-corrected chi connectivity index (χ3v) is 6.97. The summed E-state index contributed by atoms with van der Waals surface area (Å²) in [4.78, 5) is 26.0. The fraction of sp³-hybridized carbons (Fsp3) is 0.435. The molecule has 0 aliphatic heterocycles. The number of thiophene rings is 1. The predicted molar refractivity (Wildman–Crippen MR) is 129 cm³/mol. The average molecular weight is 460 g/mol. The molecule has 0 fully saturated rings. The molecule has 31 heavy (non-hydrogen) atoms. The Kier molecular flexibility index (Phi) is 7.01. The van der Waals surface area contributed by atoms with E-state index in [-0.39, 0.29) is 16.4 Å². The molecular formula is C23H29N3O3S2. The second-order valence-electron chi connectivity index (χ2n) is 8.75. The number of nitrogens with two attached hydrogens (primary N) is 1. The molecule has 8 heteroatoms. The number of rotatable bonds is 5. The molecule has 0 radical (unpaired) electrons. The van der Waals surface area contributed by atoms with Crippen molar-refractivity contribution in [1.29, 1.82) is 0 Å². The number of carbonyl (C=O) groups excluding carboxylic acids is 2. The van der Waals surface area contributed by atoms with Crippen molar-refractivity contribution < 1.29 is 14.3 Å². The third kappa shape index (κ3) is 5.43. The maximum Gasteiger partial charge on any atom is 0.257 e. The lowest BCUT2D eigenvalue weighted by Gasteiger charge is -2.33. The third-order valence-electron chi connectivity index (χ3n) is 5.60. The zero-order valence-electron chi connectivity index (χ0n) is 18.3. The number of hydrogen-bond acceptors (Lipinski definition) is 5. The molecule has 1 heterocycles. The fourth-order valence-electron chi connectivity index (χ4n) is 3.88. The van der Waals surface area contributed by atoms with Gasteiger partial charge in [0, 0.05) is 10.4 Å². The summed E-state index contributed by atoms with van der Waals surface area (Å²) in [6, 6.07) is 6.89. The molecule has 6 nitrogen and oxygen atoms in total. The number of thiocarbonyl (C=S) groups is 1. The summed E-state index contributed by atoms with van der Waals surface area (Å²) < 4.78 is 5.44. The summed E-state index contributed by atoms with van der Waals surface area (Å²) in [5.41, 5.74) is 7.83. The van der Waals surface area contributed by atoms with Crippen molar-refractivity contribution in [3.63, 3.8) is 0 Å². The lowest BCUT2D eigenvalue weighted by molar-refractivity contribution is 0.0975. The maximum atomic E-state index is 12.6. The van der Waals surface area contributed by atoms with E-state index in [2.05, 4.69) is 31.4 Å². The molecule has 4 N–H and O–H groups in total. The Morgan fingerprint density at radius 2 is 2.06 bits per heavy atom. The molecule has 2 amide bonds. The highest BCUT2D eigenvalue weighted by Gasteiger charge is 2.33. The minimum atomic E-state index is -0.479. The Bertz CT molecular complexity index is 1010. The van der Waals surface area contributed by atoms with Gasteiger partial charge in [-0.2, -0.15) is 0 Å². The monoisotopic (exact) mass is 459 g/mol. The van der Waals surface area contributed by atoms with E-state index in [1.54, 1.807) is 24.3 Å². The van der Waals surface area contributed by atoms with Gasteiger partial charge in [-0.05, 0) is 73.5 Å². The Morgan fingerprint density at radius 1 is 1.32 bits per heavy atom. The van der Waals surface area contributed by atoms with Crippen LogP contribution in [0.3, 0.4) is 0 Å². The Labute approximate surface area is 192 Å². The van der Waals surface area contributed by atoms with Crippen LogP contribution in [0.25, 0.3) is 0 Å². The summed E-state index contributed by atoms with van der Waals surface area (Å²) in [5.74, 6) is 0.322. The van der Waals surface area contributed by atoms with E-state index in [1.807, 2.05) is 6.92 Å². The van der Waals surface area contributed by atoms with Crippen molar-refractivity contribution in [3.05, 3.63) is 45.8 Å². The van der Waals surface area contributed by atoms with Gasteiger partial charge in [0.2, 0.25) is 0 Å². The first kappa shape index (κ1) is 23.2. The molecular weight excluding hydrogens is 430 g/mol. The van der Waals surface area contributed by atoms with Crippen LogP contribution in [0.4, 0.5) is 5.00 Å². The summed E-state index contributed by atoms with van der Waals surface area (Å²) in [6.45, 7) is 9.13. The van der Waals surface area contributed by atoms with Crippen LogP contribution in [0, 0.1) is 11.3 Å². The molecule has 0 spiro atoms. The van der Waals surface area contributed by atoms with Gasteiger partial charge in [0.05, 0.1) is 12.2 Å². The molecule has 3 rings (SSSR count). The van der Waals surface area contributed by atoms with Crippen LogP contribution in [0.2, 0.25) is 0 Å². The van der Waals surface area contributed by atoms with E-state index in [0.29, 0.717) is 34.4 Å². The average Bonchev–Trinajstić information content (AvgIpc) is 3.04. The van der Waals surface area contributed by atoms with Gasteiger partial charge in [0.15, 0.2) is 5.11 Å². The van der Waals surface area contributed by atoms with Gasteiger partial charge in [0.25, 0.3) is 11.8 Å². The Balaban J connectivity index is 1.76. The molecule has 1 aromatic heterocycles. The fourth-order valence-corrected chi connectivity index (χ4v) is 5.47. The second-order valence-corrected chi connectivity index (χ2v) is 10.3. The van der Waals surface area contributed by atoms with Crippen LogP contribution in [-0.2, 0) is 12.8 Å². The molecule has 1 aromatic carbocycles. The van der Waals surface area contributed by atoms with Crippen molar-refractivity contribution in [2.24, 2.45) is 17.1 Å². The largest absolute Gasteiger partial charge is 0.494 e. The van der Waals surface area contributed by atoms with Crippen molar-refractivity contribution in [2.75, 3.05) is 11.9 Å². The molecule has 1 aliphatic carbocycles. The quantitative estimate of drug-likeness (QED) is 0.572. The van der Waals surface area contributed by atoms with Gasteiger partial charge in [0.1, 0.15) is 10.8 Å². The van der Waals surface area contributed by atoms with Gasteiger partial charge in [-0.15, -0.1) is 11.3 Å². The first-order valence-corrected chi connectivity index (χ1v) is 11.6. The SMILES string of the molecule is CCOc1cccc(C(=O)NC(=S)Nc2sc3c(c2C(N)=O)CCC(C(C)(C)C)C3)c1. The highest BCUT2D eigenvalue weighted by Crippen LogP contribution is 2.44. The van der Waals surface area contributed by atoms with E-state index < -0.39 is 5.91 Å². The minimum Gasteiger partial charge on any atom is -0.494 e. The van der Waals surface area contributed by atoms with E-state index in [0.717, 1.165) is 24.8 Å². The smallest absolute Gasteiger partial charge is 0.257 e. The summed E-state index contributed by atoms with van der Waals surface area (Å²) >= 11 is 6.85. The van der Waals surface area contributed by atoms with Crippen molar-refractivity contribution in [2.45, 2.75) is 47.0 Å². The number of fused-ring (bicyclic) bond motifs is 1. The number of ether oxygens (including phenoxy) is 1. The zero-order chi connectivity index (χ0) is 22.8. The van der Waals surface area contributed by atoms with Crippen molar-refractivity contribution in [3.8, 4) is 5.75 Å². The van der Waals surface area contributed by atoms with Crippen LogP contribution in [0.5, 0.6) is 5.75 Å². The predicted octanol–water partition coefficient (Wildman–Crippen LogP) is 4.52.